The molecule has 0 spiro atoms. The average molecular weight is 402 g/mol. The fraction of sp³-hybridized carbons (Fsp3) is 0.125. The van der Waals surface area contributed by atoms with Gasteiger partial charge in [-0.2, -0.15) is 0 Å². The highest BCUT2D eigenvalue weighted by Crippen LogP contribution is 2.29. The van der Waals surface area contributed by atoms with Gasteiger partial charge in [-0.15, -0.1) is 0 Å². The molecule has 1 amide bonds. The zero-order chi connectivity index (χ0) is 18.6. The minimum Gasteiger partial charge on any atom is -0.452 e. The Bertz CT molecular complexity index is 890. The van der Waals surface area contributed by atoms with E-state index >= 15 is 0 Å². The molecule has 132 valence electrons. The Morgan fingerprint density at radius 3 is 2.12 bits per heavy atom. The van der Waals surface area contributed by atoms with Gasteiger partial charge in [0.05, 0.1) is 26.2 Å². The van der Waals surface area contributed by atoms with Crippen molar-refractivity contribution in [2.45, 2.75) is 4.90 Å². The van der Waals surface area contributed by atoms with Gasteiger partial charge in [0.25, 0.3) is 5.91 Å². The van der Waals surface area contributed by atoms with Crippen LogP contribution in [0, 0.1) is 0 Å². The highest BCUT2D eigenvalue weighted by Gasteiger charge is 2.14. The number of rotatable bonds is 5. The molecule has 0 unspecified atom stereocenters. The highest BCUT2D eigenvalue weighted by atomic mass is 35.5. The number of hydrogen-bond donors (Lipinski definition) is 1. The SMILES string of the molecule is CS(=O)(=O)c1ccc(C(=O)OCC(=O)Nc2c(Cl)cccc2Cl)cc1. The number of nitrogens with one attached hydrogen (secondary N) is 1. The van der Waals surface area contributed by atoms with E-state index in [1.165, 1.54) is 24.3 Å². The minimum absolute atomic E-state index is 0.0788. The van der Waals surface area contributed by atoms with E-state index in [1.54, 1.807) is 18.2 Å². The van der Waals surface area contributed by atoms with E-state index in [-0.39, 0.29) is 26.2 Å². The summed E-state index contributed by atoms with van der Waals surface area (Å²) in [5, 5.41) is 2.96. The molecule has 6 nitrogen and oxygen atoms in total. The Balaban J connectivity index is 1.96. The van der Waals surface area contributed by atoms with Crippen molar-refractivity contribution >= 4 is 50.6 Å². The van der Waals surface area contributed by atoms with Crippen LogP contribution in [0.2, 0.25) is 10.0 Å². The molecule has 25 heavy (non-hydrogen) atoms. The summed E-state index contributed by atoms with van der Waals surface area (Å²) in [5.41, 5.74) is 0.348. The number of benzene rings is 2. The lowest BCUT2D eigenvalue weighted by Crippen LogP contribution is -2.21. The van der Waals surface area contributed by atoms with Crippen molar-refractivity contribution in [3.8, 4) is 0 Å². The Morgan fingerprint density at radius 2 is 1.60 bits per heavy atom. The molecular weight excluding hydrogens is 389 g/mol. The topological polar surface area (TPSA) is 89.5 Å². The number of sulfone groups is 1. The van der Waals surface area contributed by atoms with Gasteiger partial charge in [0.2, 0.25) is 0 Å². The molecule has 0 saturated carbocycles. The molecule has 0 aliphatic rings. The van der Waals surface area contributed by atoms with Crippen LogP contribution in [0.5, 0.6) is 0 Å². The van der Waals surface area contributed by atoms with Crippen LogP contribution in [0.3, 0.4) is 0 Å². The monoisotopic (exact) mass is 401 g/mol. The third kappa shape index (κ3) is 5.19. The Labute approximate surface area is 154 Å². The number of para-hydroxylation sites is 1. The van der Waals surface area contributed by atoms with Crippen LogP contribution in [-0.4, -0.2) is 33.2 Å². The van der Waals surface area contributed by atoms with Crippen molar-refractivity contribution < 1.29 is 22.7 Å². The van der Waals surface area contributed by atoms with Gasteiger partial charge in [-0.05, 0) is 36.4 Å². The summed E-state index contributed by atoms with van der Waals surface area (Å²) in [6.07, 6.45) is 1.06. The standard InChI is InChI=1S/C16H13Cl2NO5S/c1-25(22,23)11-7-5-10(6-8-11)16(21)24-9-14(20)19-15-12(17)3-2-4-13(15)18/h2-8H,9H2,1H3,(H,19,20). The molecular formula is C16H13Cl2NO5S. The lowest BCUT2D eigenvalue weighted by Gasteiger charge is -2.09. The van der Waals surface area contributed by atoms with Crippen LogP contribution < -0.4 is 5.32 Å². The maximum absolute atomic E-state index is 11.9. The van der Waals surface area contributed by atoms with Gasteiger partial charge in [-0.25, -0.2) is 13.2 Å². The molecule has 0 atom stereocenters. The number of carbonyl (C=O) groups excluding carboxylic acids is 2. The van der Waals surface area contributed by atoms with Crippen molar-refractivity contribution in [2.24, 2.45) is 0 Å². The van der Waals surface area contributed by atoms with Crippen molar-refractivity contribution in [2.75, 3.05) is 18.2 Å². The van der Waals surface area contributed by atoms with Crippen LogP contribution >= 0.6 is 23.2 Å². The van der Waals surface area contributed by atoms with E-state index in [4.69, 9.17) is 27.9 Å². The lowest BCUT2D eigenvalue weighted by atomic mass is 10.2. The van der Waals surface area contributed by atoms with Gasteiger partial charge in [0.1, 0.15) is 0 Å². The minimum atomic E-state index is -3.36. The Kier molecular flexibility index (Phi) is 6.05. The molecule has 0 aliphatic carbocycles. The largest absolute Gasteiger partial charge is 0.452 e. The first kappa shape index (κ1) is 19.2. The van der Waals surface area contributed by atoms with Crippen LogP contribution in [0.1, 0.15) is 10.4 Å². The smallest absolute Gasteiger partial charge is 0.338 e. The second-order valence-corrected chi connectivity index (χ2v) is 7.85. The van der Waals surface area contributed by atoms with Gasteiger partial charge >= 0.3 is 5.97 Å². The molecule has 0 heterocycles. The normalized spacial score (nSPS) is 11.0. The summed E-state index contributed by atoms with van der Waals surface area (Å²) < 4.78 is 27.6. The fourth-order valence-corrected chi connectivity index (χ4v) is 2.97. The molecule has 0 aromatic heterocycles. The van der Waals surface area contributed by atoms with E-state index in [0.717, 1.165) is 6.26 Å². The van der Waals surface area contributed by atoms with Crippen LogP contribution in [0.25, 0.3) is 0 Å². The molecule has 9 heteroatoms. The maximum atomic E-state index is 11.9. The zero-order valence-electron chi connectivity index (χ0n) is 13.0. The van der Waals surface area contributed by atoms with Crippen molar-refractivity contribution in [1.29, 1.82) is 0 Å². The van der Waals surface area contributed by atoms with E-state index in [0.29, 0.717) is 0 Å². The van der Waals surface area contributed by atoms with Crippen LogP contribution in [0.4, 0.5) is 5.69 Å². The quantitative estimate of drug-likeness (QED) is 0.776. The van der Waals surface area contributed by atoms with Gasteiger partial charge in [-0.1, -0.05) is 29.3 Å². The van der Waals surface area contributed by atoms with Gasteiger partial charge < -0.3 is 10.1 Å². The summed E-state index contributed by atoms with van der Waals surface area (Å²) in [5.74, 6) is -1.38. The van der Waals surface area contributed by atoms with Gasteiger partial charge in [0.15, 0.2) is 16.4 Å². The summed E-state index contributed by atoms with van der Waals surface area (Å²) in [7, 11) is -3.36. The number of esters is 1. The van der Waals surface area contributed by atoms with E-state index in [9.17, 15) is 18.0 Å². The predicted octanol–water partition coefficient (Wildman–Crippen LogP) is 3.19. The average Bonchev–Trinajstić information content (AvgIpc) is 2.55. The zero-order valence-corrected chi connectivity index (χ0v) is 15.3. The van der Waals surface area contributed by atoms with Crippen LogP contribution in [0.15, 0.2) is 47.4 Å². The number of anilines is 1. The summed E-state index contributed by atoms with van der Waals surface area (Å²) in [6, 6.07) is 9.92. The molecule has 0 aliphatic heterocycles. The van der Waals surface area contributed by atoms with Crippen molar-refractivity contribution in [3.05, 3.63) is 58.1 Å². The van der Waals surface area contributed by atoms with Gasteiger partial charge in [-0.3, -0.25) is 4.79 Å². The number of ether oxygens (including phenoxy) is 1. The first-order valence-electron chi connectivity index (χ1n) is 6.89. The summed E-state index contributed by atoms with van der Waals surface area (Å²) in [6.45, 7) is -0.547. The molecule has 2 rings (SSSR count). The molecule has 0 fully saturated rings. The second kappa shape index (κ2) is 7.86. The number of carbonyl (C=O) groups is 2. The maximum Gasteiger partial charge on any atom is 0.338 e. The molecule has 0 bridgehead atoms. The predicted molar refractivity (Wildman–Crippen MR) is 94.9 cm³/mol. The summed E-state index contributed by atoms with van der Waals surface area (Å²) in [4.78, 5) is 23.8. The van der Waals surface area contributed by atoms with Crippen LogP contribution in [-0.2, 0) is 19.4 Å². The first-order chi connectivity index (χ1) is 11.7. The van der Waals surface area contributed by atoms with Crippen molar-refractivity contribution in [1.82, 2.24) is 0 Å². The Morgan fingerprint density at radius 1 is 1.04 bits per heavy atom. The lowest BCUT2D eigenvalue weighted by molar-refractivity contribution is -0.119. The summed E-state index contributed by atoms with van der Waals surface area (Å²) >= 11 is 11.9. The highest BCUT2D eigenvalue weighted by molar-refractivity contribution is 7.90. The number of hydrogen-bond acceptors (Lipinski definition) is 5. The fourth-order valence-electron chi connectivity index (χ4n) is 1.85. The van der Waals surface area contributed by atoms with E-state index < -0.39 is 28.3 Å². The number of amides is 1. The molecule has 2 aromatic rings. The third-order valence-electron chi connectivity index (χ3n) is 3.08. The second-order valence-electron chi connectivity index (χ2n) is 5.02. The molecule has 1 N–H and O–H groups in total. The number of halogens is 2. The third-order valence-corrected chi connectivity index (χ3v) is 4.84. The Hall–Kier alpha value is -2.09. The molecule has 2 aromatic carbocycles. The van der Waals surface area contributed by atoms with E-state index in [1.807, 2.05) is 0 Å². The molecule has 0 saturated heterocycles. The molecule has 0 radical (unpaired) electrons. The first-order valence-corrected chi connectivity index (χ1v) is 9.54. The van der Waals surface area contributed by atoms with Gasteiger partial charge in [0, 0.05) is 6.26 Å². The van der Waals surface area contributed by atoms with E-state index in [2.05, 4.69) is 5.32 Å². The van der Waals surface area contributed by atoms with Crippen molar-refractivity contribution in [3.63, 3.8) is 0 Å².